The van der Waals surface area contributed by atoms with Crippen LogP contribution in [0.5, 0.6) is 11.5 Å². The largest absolute Gasteiger partial charge is 0.504 e. The number of aromatic hydroxyl groups is 1. The predicted octanol–water partition coefficient (Wildman–Crippen LogP) is 2.75. The fraction of sp³-hybridized carbons (Fsp3) is 0.647. The van der Waals surface area contributed by atoms with E-state index in [2.05, 4.69) is 24.3 Å². The number of para-hydroxylation sites is 1. The number of hydrogen-bond donors (Lipinski definition) is 2. The number of nitrogens with zero attached hydrogens (tertiary/aromatic N) is 1. The van der Waals surface area contributed by atoms with Crippen LogP contribution in [0.1, 0.15) is 38.2 Å². The van der Waals surface area contributed by atoms with Gasteiger partial charge in [-0.3, -0.25) is 0 Å². The maximum atomic E-state index is 10.2. The van der Waals surface area contributed by atoms with Crippen molar-refractivity contribution in [3.05, 3.63) is 23.8 Å². The maximum Gasteiger partial charge on any atom is 0.162 e. The zero-order valence-electron chi connectivity index (χ0n) is 13.5. The molecule has 0 saturated heterocycles. The molecule has 118 valence electrons. The fourth-order valence-corrected chi connectivity index (χ4v) is 3.23. The fourth-order valence-electron chi connectivity index (χ4n) is 3.23. The number of phenols is 1. The van der Waals surface area contributed by atoms with Gasteiger partial charge < -0.3 is 20.1 Å². The van der Waals surface area contributed by atoms with Crippen LogP contribution in [-0.2, 0) is 6.54 Å². The van der Waals surface area contributed by atoms with Crippen molar-refractivity contribution in [1.29, 1.82) is 0 Å². The highest BCUT2D eigenvalue weighted by molar-refractivity contribution is 5.45. The van der Waals surface area contributed by atoms with Crippen molar-refractivity contribution in [1.82, 2.24) is 10.2 Å². The normalized spacial score (nSPS) is 17.3. The summed E-state index contributed by atoms with van der Waals surface area (Å²) in [6.07, 6.45) is 5.12. The minimum absolute atomic E-state index is 0.261. The molecule has 2 N–H and O–H groups in total. The second-order valence-corrected chi connectivity index (χ2v) is 6.13. The summed E-state index contributed by atoms with van der Waals surface area (Å²) in [4.78, 5) is 2.35. The summed E-state index contributed by atoms with van der Waals surface area (Å²) in [5.74, 6) is 0.831. The van der Waals surface area contributed by atoms with Crippen LogP contribution >= 0.6 is 0 Å². The van der Waals surface area contributed by atoms with Crippen LogP contribution in [0.3, 0.4) is 0 Å². The summed E-state index contributed by atoms with van der Waals surface area (Å²) >= 11 is 0. The van der Waals surface area contributed by atoms with Crippen molar-refractivity contribution in [2.45, 2.75) is 44.7 Å². The van der Waals surface area contributed by atoms with E-state index in [0.717, 1.165) is 12.1 Å². The van der Waals surface area contributed by atoms with Crippen molar-refractivity contribution in [3.63, 3.8) is 0 Å². The first kappa shape index (κ1) is 16.1. The summed E-state index contributed by atoms with van der Waals surface area (Å²) in [5, 5.41) is 13.7. The first-order valence-electron chi connectivity index (χ1n) is 7.91. The van der Waals surface area contributed by atoms with E-state index >= 15 is 0 Å². The quantitative estimate of drug-likeness (QED) is 0.811. The predicted molar refractivity (Wildman–Crippen MR) is 85.9 cm³/mol. The van der Waals surface area contributed by atoms with E-state index < -0.39 is 0 Å². The van der Waals surface area contributed by atoms with Gasteiger partial charge in [0.1, 0.15) is 0 Å². The van der Waals surface area contributed by atoms with E-state index in [-0.39, 0.29) is 11.3 Å². The van der Waals surface area contributed by atoms with Gasteiger partial charge in [-0.25, -0.2) is 0 Å². The second kappa shape index (κ2) is 7.14. The highest BCUT2D eigenvalue weighted by Gasteiger charge is 2.35. The molecule has 0 bridgehead atoms. The Bertz CT molecular complexity index is 454. The second-order valence-electron chi connectivity index (χ2n) is 6.13. The molecule has 1 aliphatic rings. The molecule has 1 aromatic carbocycles. The SMILES string of the molecule is CCOc1cccc(CNCC2(N(C)C)CCCC2)c1O. The number of ether oxygens (including phenoxy) is 1. The smallest absolute Gasteiger partial charge is 0.162 e. The summed E-state index contributed by atoms with van der Waals surface area (Å²) in [5.41, 5.74) is 1.17. The van der Waals surface area contributed by atoms with Gasteiger partial charge in [0.25, 0.3) is 0 Å². The topological polar surface area (TPSA) is 44.7 Å². The average Bonchev–Trinajstić information content (AvgIpc) is 2.93. The van der Waals surface area contributed by atoms with Gasteiger partial charge in [-0.15, -0.1) is 0 Å². The van der Waals surface area contributed by atoms with Gasteiger partial charge in [-0.1, -0.05) is 25.0 Å². The number of benzene rings is 1. The molecule has 0 heterocycles. The van der Waals surface area contributed by atoms with E-state index in [1.807, 2.05) is 19.1 Å². The molecule has 1 saturated carbocycles. The van der Waals surface area contributed by atoms with E-state index in [0.29, 0.717) is 18.9 Å². The molecule has 0 unspecified atom stereocenters. The molecular formula is C17H28N2O2. The van der Waals surface area contributed by atoms with Gasteiger partial charge >= 0.3 is 0 Å². The Kier molecular flexibility index (Phi) is 5.48. The lowest BCUT2D eigenvalue weighted by Crippen LogP contribution is -2.49. The lowest BCUT2D eigenvalue weighted by atomic mass is 9.96. The molecule has 1 aromatic rings. The first-order chi connectivity index (χ1) is 10.1. The first-order valence-corrected chi connectivity index (χ1v) is 7.91. The average molecular weight is 292 g/mol. The molecule has 4 heteroatoms. The Balaban J connectivity index is 1.95. The lowest BCUT2D eigenvalue weighted by Gasteiger charge is -2.36. The zero-order valence-corrected chi connectivity index (χ0v) is 13.5. The summed E-state index contributed by atoms with van der Waals surface area (Å²) in [7, 11) is 4.33. The van der Waals surface area contributed by atoms with Gasteiger partial charge in [-0.2, -0.15) is 0 Å². The number of phenolic OH excluding ortho intramolecular Hbond substituents is 1. The van der Waals surface area contributed by atoms with Crippen molar-refractivity contribution in [2.75, 3.05) is 27.2 Å². The van der Waals surface area contributed by atoms with Crippen LogP contribution in [0.25, 0.3) is 0 Å². The van der Waals surface area contributed by atoms with Crippen LogP contribution in [0.4, 0.5) is 0 Å². The Morgan fingerprint density at radius 3 is 2.62 bits per heavy atom. The number of rotatable bonds is 7. The van der Waals surface area contributed by atoms with Crippen LogP contribution in [0, 0.1) is 0 Å². The molecule has 2 rings (SSSR count). The third-order valence-electron chi connectivity index (χ3n) is 4.63. The number of hydrogen-bond acceptors (Lipinski definition) is 4. The lowest BCUT2D eigenvalue weighted by molar-refractivity contribution is 0.153. The highest BCUT2D eigenvalue weighted by Crippen LogP contribution is 2.34. The van der Waals surface area contributed by atoms with Crippen LogP contribution in [0.2, 0.25) is 0 Å². The zero-order chi connectivity index (χ0) is 15.3. The van der Waals surface area contributed by atoms with Crippen molar-refractivity contribution < 1.29 is 9.84 Å². The molecule has 21 heavy (non-hydrogen) atoms. The Morgan fingerprint density at radius 2 is 2.00 bits per heavy atom. The molecular weight excluding hydrogens is 264 g/mol. The molecule has 1 aliphatic carbocycles. The van der Waals surface area contributed by atoms with E-state index in [9.17, 15) is 5.11 Å². The summed E-state index contributed by atoms with van der Waals surface area (Å²) < 4.78 is 5.43. The van der Waals surface area contributed by atoms with Crippen LogP contribution < -0.4 is 10.1 Å². The van der Waals surface area contributed by atoms with Crippen molar-refractivity contribution >= 4 is 0 Å². The van der Waals surface area contributed by atoms with Crippen LogP contribution in [-0.4, -0.2) is 42.8 Å². The van der Waals surface area contributed by atoms with Crippen molar-refractivity contribution in [3.8, 4) is 11.5 Å². The Hall–Kier alpha value is -1.26. The molecule has 1 fully saturated rings. The molecule has 0 amide bonds. The van der Waals surface area contributed by atoms with E-state index in [1.54, 1.807) is 6.07 Å². The third kappa shape index (κ3) is 3.69. The van der Waals surface area contributed by atoms with Gasteiger partial charge in [0, 0.05) is 24.2 Å². The van der Waals surface area contributed by atoms with E-state index in [1.165, 1.54) is 25.7 Å². The molecule has 0 spiro atoms. The van der Waals surface area contributed by atoms with Crippen LogP contribution in [0.15, 0.2) is 18.2 Å². The van der Waals surface area contributed by atoms with Gasteiger partial charge in [0.05, 0.1) is 6.61 Å². The molecule has 4 nitrogen and oxygen atoms in total. The van der Waals surface area contributed by atoms with Crippen molar-refractivity contribution in [2.24, 2.45) is 0 Å². The Morgan fingerprint density at radius 1 is 1.29 bits per heavy atom. The van der Waals surface area contributed by atoms with Gasteiger partial charge in [0.15, 0.2) is 11.5 Å². The molecule has 0 aromatic heterocycles. The maximum absolute atomic E-state index is 10.2. The Labute approximate surface area is 128 Å². The minimum atomic E-state index is 0.261. The third-order valence-corrected chi connectivity index (χ3v) is 4.63. The molecule has 0 atom stereocenters. The summed E-state index contributed by atoms with van der Waals surface area (Å²) in [6.45, 7) is 4.11. The minimum Gasteiger partial charge on any atom is -0.504 e. The molecule has 0 radical (unpaired) electrons. The number of likely N-dealkylation sites (N-methyl/N-ethyl adjacent to an activating group) is 1. The van der Waals surface area contributed by atoms with E-state index in [4.69, 9.17) is 4.74 Å². The summed E-state index contributed by atoms with van der Waals surface area (Å²) in [6, 6.07) is 5.68. The standard InChI is InChI=1S/C17H28N2O2/c1-4-21-15-9-7-8-14(16(15)20)12-18-13-17(19(2)3)10-5-6-11-17/h7-9,18,20H,4-6,10-13H2,1-3H3. The monoisotopic (exact) mass is 292 g/mol. The van der Waals surface area contributed by atoms with Gasteiger partial charge in [0.2, 0.25) is 0 Å². The molecule has 0 aliphatic heterocycles. The van der Waals surface area contributed by atoms with Gasteiger partial charge in [-0.05, 0) is 39.9 Å². The number of nitrogens with one attached hydrogen (secondary N) is 1. The highest BCUT2D eigenvalue weighted by atomic mass is 16.5.